The van der Waals surface area contributed by atoms with E-state index in [1.54, 1.807) is 44.4 Å². The topological polar surface area (TPSA) is 93.7 Å². The summed E-state index contributed by atoms with van der Waals surface area (Å²) in [5.74, 6) is 0.865. The third-order valence-corrected chi connectivity index (χ3v) is 5.40. The lowest BCUT2D eigenvalue weighted by Crippen LogP contribution is -2.15. The van der Waals surface area contributed by atoms with Crippen molar-refractivity contribution in [1.82, 2.24) is 0 Å². The van der Waals surface area contributed by atoms with Crippen LogP contribution in [0.5, 0.6) is 11.5 Å². The summed E-state index contributed by atoms with van der Waals surface area (Å²) in [6.45, 7) is 1.77. The Balaban J connectivity index is 1.78. The molecule has 0 heterocycles. The molecule has 1 aliphatic carbocycles. The summed E-state index contributed by atoms with van der Waals surface area (Å²) in [6.07, 6.45) is 5.57. The van der Waals surface area contributed by atoms with Crippen molar-refractivity contribution in [3.05, 3.63) is 47.5 Å². The van der Waals surface area contributed by atoms with E-state index >= 15 is 0 Å². The number of rotatable bonds is 7. The number of methoxy groups -OCH3 is 1. The Morgan fingerprint density at radius 1 is 1.07 bits per heavy atom. The Hall–Kier alpha value is -2.74. The van der Waals surface area contributed by atoms with E-state index in [4.69, 9.17) is 9.47 Å². The van der Waals surface area contributed by atoms with E-state index in [2.05, 4.69) is 10.0 Å². The second kappa shape index (κ2) is 8.73. The van der Waals surface area contributed by atoms with Gasteiger partial charge in [-0.1, -0.05) is 6.07 Å². The average molecular weight is 419 g/mol. The molecule has 0 bridgehead atoms. The van der Waals surface area contributed by atoms with E-state index in [-0.39, 0.29) is 12.0 Å². The number of anilines is 2. The van der Waals surface area contributed by atoms with Crippen LogP contribution in [0.3, 0.4) is 0 Å². The summed E-state index contributed by atoms with van der Waals surface area (Å²) in [4.78, 5) is 12.7. The maximum Gasteiger partial charge on any atom is 0.255 e. The van der Waals surface area contributed by atoms with Crippen molar-refractivity contribution in [2.45, 2.75) is 38.7 Å². The van der Waals surface area contributed by atoms with Crippen molar-refractivity contribution < 1.29 is 22.7 Å². The van der Waals surface area contributed by atoms with Crippen LogP contribution in [0.15, 0.2) is 36.4 Å². The zero-order valence-corrected chi connectivity index (χ0v) is 17.6. The van der Waals surface area contributed by atoms with Gasteiger partial charge in [-0.25, -0.2) is 8.42 Å². The summed E-state index contributed by atoms with van der Waals surface area (Å²) in [6, 6.07) is 10.1. The molecule has 1 amide bonds. The van der Waals surface area contributed by atoms with Gasteiger partial charge >= 0.3 is 0 Å². The van der Waals surface area contributed by atoms with Crippen LogP contribution >= 0.6 is 0 Å². The van der Waals surface area contributed by atoms with Gasteiger partial charge in [0, 0.05) is 17.3 Å². The maximum absolute atomic E-state index is 12.7. The molecule has 1 saturated carbocycles. The Labute approximate surface area is 171 Å². The fraction of sp³-hybridized carbons (Fsp3) is 0.381. The molecule has 0 radical (unpaired) electrons. The molecule has 0 aliphatic heterocycles. The van der Waals surface area contributed by atoms with Gasteiger partial charge in [0.15, 0.2) is 11.5 Å². The highest BCUT2D eigenvalue weighted by atomic mass is 32.2. The number of benzene rings is 2. The highest BCUT2D eigenvalue weighted by Crippen LogP contribution is 2.34. The molecule has 156 valence electrons. The smallest absolute Gasteiger partial charge is 0.255 e. The second-order valence-electron chi connectivity index (χ2n) is 7.25. The number of hydrogen-bond acceptors (Lipinski definition) is 5. The molecule has 2 N–H and O–H groups in total. The summed E-state index contributed by atoms with van der Waals surface area (Å²) in [7, 11) is -1.86. The first kappa shape index (κ1) is 21.0. The van der Waals surface area contributed by atoms with Gasteiger partial charge in [0.2, 0.25) is 10.0 Å². The van der Waals surface area contributed by atoms with Crippen molar-refractivity contribution in [2.24, 2.45) is 0 Å². The van der Waals surface area contributed by atoms with E-state index < -0.39 is 10.0 Å². The van der Waals surface area contributed by atoms with Crippen LogP contribution in [-0.4, -0.2) is 33.8 Å². The molecule has 1 aliphatic rings. The largest absolute Gasteiger partial charge is 0.493 e. The first-order chi connectivity index (χ1) is 13.7. The quantitative estimate of drug-likeness (QED) is 0.710. The highest BCUT2D eigenvalue weighted by Gasteiger charge is 2.19. The molecule has 0 aromatic heterocycles. The van der Waals surface area contributed by atoms with Crippen LogP contribution in [0.2, 0.25) is 0 Å². The zero-order valence-electron chi connectivity index (χ0n) is 16.8. The molecule has 2 aromatic carbocycles. The third-order valence-electron chi connectivity index (χ3n) is 4.81. The number of sulfonamides is 1. The lowest BCUT2D eigenvalue weighted by atomic mass is 10.1. The molecule has 0 atom stereocenters. The minimum absolute atomic E-state index is 0.163. The molecular weight excluding hydrogens is 392 g/mol. The lowest BCUT2D eigenvalue weighted by molar-refractivity contribution is 0.102. The molecular formula is C21H26N2O5S. The summed E-state index contributed by atoms with van der Waals surface area (Å²) < 4.78 is 36.9. The van der Waals surface area contributed by atoms with Crippen LogP contribution in [0.25, 0.3) is 0 Å². The number of aryl methyl sites for hydroxylation is 1. The first-order valence-electron chi connectivity index (χ1n) is 9.49. The van der Waals surface area contributed by atoms with Crippen LogP contribution in [0.1, 0.15) is 41.6 Å². The molecule has 0 spiro atoms. The number of carbonyl (C=O) groups is 1. The van der Waals surface area contributed by atoms with Crippen molar-refractivity contribution >= 4 is 27.3 Å². The Morgan fingerprint density at radius 3 is 2.45 bits per heavy atom. The Bertz CT molecular complexity index is 998. The predicted octanol–water partition coefficient (Wildman–Crippen LogP) is 3.95. The van der Waals surface area contributed by atoms with Crippen molar-refractivity contribution in [3.8, 4) is 11.5 Å². The number of amides is 1. The average Bonchev–Trinajstić information content (AvgIpc) is 3.16. The molecule has 3 rings (SSSR count). The summed E-state index contributed by atoms with van der Waals surface area (Å²) >= 11 is 0. The van der Waals surface area contributed by atoms with Gasteiger partial charge in [-0.15, -0.1) is 0 Å². The van der Waals surface area contributed by atoms with Crippen LogP contribution in [-0.2, 0) is 10.0 Å². The Morgan fingerprint density at radius 2 is 1.79 bits per heavy atom. The maximum atomic E-state index is 12.7. The highest BCUT2D eigenvalue weighted by molar-refractivity contribution is 7.92. The molecule has 8 heteroatoms. The minimum Gasteiger partial charge on any atom is -0.493 e. The molecule has 29 heavy (non-hydrogen) atoms. The fourth-order valence-corrected chi connectivity index (χ4v) is 3.93. The van der Waals surface area contributed by atoms with Gasteiger partial charge < -0.3 is 14.8 Å². The molecule has 2 aromatic rings. The first-order valence-corrected chi connectivity index (χ1v) is 11.4. The van der Waals surface area contributed by atoms with E-state index in [9.17, 15) is 13.2 Å². The number of carbonyl (C=O) groups excluding carboxylic acids is 1. The van der Waals surface area contributed by atoms with E-state index in [0.29, 0.717) is 28.4 Å². The third kappa shape index (κ3) is 5.63. The lowest BCUT2D eigenvalue weighted by Gasteiger charge is -2.17. The van der Waals surface area contributed by atoms with Crippen molar-refractivity contribution in [3.63, 3.8) is 0 Å². The molecule has 0 unspecified atom stereocenters. The predicted molar refractivity (Wildman–Crippen MR) is 113 cm³/mol. The van der Waals surface area contributed by atoms with Gasteiger partial charge in [-0.05, 0) is 62.4 Å². The standard InChI is InChI=1S/C21H26N2O5S/c1-14-8-9-15(12-18(14)23-29(3,25)26)21(24)22-16-10-11-19(27-2)20(13-16)28-17-6-4-5-7-17/h8-13,17,23H,4-7H2,1-3H3,(H,22,24). The van der Waals surface area contributed by atoms with Crippen LogP contribution in [0, 0.1) is 6.92 Å². The van der Waals surface area contributed by atoms with Gasteiger partial charge in [0.05, 0.1) is 25.2 Å². The van der Waals surface area contributed by atoms with Gasteiger partial charge in [-0.3, -0.25) is 9.52 Å². The van der Waals surface area contributed by atoms with Crippen LogP contribution < -0.4 is 19.5 Å². The number of ether oxygens (including phenoxy) is 2. The van der Waals surface area contributed by atoms with E-state index in [1.807, 2.05) is 0 Å². The van der Waals surface area contributed by atoms with Gasteiger partial charge in [0.25, 0.3) is 5.91 Å². The van der Waals surface area contributed by atoms with Gasteiger partial charge in [-0.2, -0.15) is 0 Å². The fourth-order valence-electron chi connectivity index (χ4n) is 3.31. The SMILES string of the molecule is COc1ccc(NC(=O)c2ccc(C)c(NS(C)(=O)=O)c2)cc1OC1CCCC1. The normalized spacial score (nSPS) is 14.4. The monoisotopic (exact) mass is 418 g/mol. The van der Waals surface area contributed by atoms with Crippen molar-refractivity contribution in [2.75, 3.05) is 23.4 Å². The number of nitrogens with one attached hydrogen (secondary N) is 2. The zero-order chi connectivity index (χ0) is 21.0. The van der Waals surface area contributed by atoms with E-state index in [0.717, 1.165) is 37.5 Å². The minimum atomic E-state index is -3.44. The van der Waals surface area contributed by atoms with Crippen molar-refractivity contribution in [1.29, 1.82) is 0 Å². The van der Waals surface area contributed by atoms with E-state index in [1.165, 1.54) is 6.07 Å². The molecule has 1 fully saturated rings. The summed E-state index contributed by atoms with van der Waals surface area (Å²) in [5.41, 5.74) is 2.02. The number of hydrogen-bond donors (Lipinski definition) is 2. The van der Waals surface area contributed by atoms with Crippen LogP contribution in [0.4, 0.5) is 11.4 Å². The second-order valence-corrected chi connectivity index (χ2v) is 9.00. The summed E-state index contributed by atoms with van der Waals surface area (Å²) in [5, 5.41) is 2.83. The molecule has 7 nitrogen and oxygen atoms in total. The molecule has 0 saturated heterocycles. The Kier molecular flexibility index (Phi) is 6.32. The van der Waals surface area contributed by atoms with Gasteiger partial charge in [0.1, 0.15) is 0 Å².